The minimum absolute atomic E-state index is 0.0503. The quantitative estimate of drug-likeness (QED) is 0.738. The van der Waals surface area contributed by atoms with E-state index in [1.54, 1.807) is 0 Å². The Hall–Kier alpha value is -1.10. The van der Waals surface area contributed by atoms with E-state index >= 15 is 0 Å². The number of anilines is 1. The van der Waals surface area contributed by atoms with E-state index in [9.17, 15) is 4.79 Å². The molecular weight excluding hydrogens is 212 g/mol. The lowest BCUT2D eigenvalue weighted by atomic mass is 10.3. The van der Waals surface area contributed by atoms with Gasteiger partial charge >= 0.3 is 5.97 Å². The maximum Gasteiger partial charge on any atom is 0.354 e. The molecule has 1 heterocycles. The van der Waals surface area contributed by atoms with Crippen LogP contribution in [-0.4, -0.2) is 16.1 Å². The third kappa shape index (κ3) is 1.68. The van der Waals surface area contributed by atoms with Crippen molar-refractivity contribution in [2.24, 2.45) is 0 Å². The molecule has 1 aromatic heterocycles. The number of carboxylic acid groups (broad SMARTS) is 1. The van der Waals surface area contributed by atoms with Gasteiger partial charge in [-0.2, -0.15) is 0 Å². The maximum atomic E-state index is 10.3. The first-order chi connectivity index (χ1) is 5.11. The number of rotatable bonds is 1. The third-order valence-corrected chi connectivity index (χ3v) is 1.77. The molecule has 0 aromatic carbocycles. The van der Waals surface area contributed by atoms with Crippen LogP contribution in [0.1, 0.15) is 10.5 Å². The number of nitrogens with zero attached hydrogens (tertiary/aromatic N) is 1. The summed E-state index contributed by atoms with van der Waals surface area (Å²) in [4.78, 5) is 13.9. The Morgan fingerprint density at radius 1 is 1.73 bits per heavy atom. The van der Waals surface area contributed by atoms with Crippen molar-refractivity contribution in [1.82, 2.24) is 4.98 Å². The molecular formula is C6H5BrN2O2. The number of aromatic carboxylic acids is 1. The van der Waals surface area contributed by atoms with Crippen molar-refractivity contribution in [3.05, 3.63) is 22.4 Å². The molecule has 3 N–H and O–H groups in total. The van der Waals surface area contributed by atoms with E-state index in [0.717, 1.165) is 0 Å². The van der Waals surface area contributed by atoms with Gasteiger partial charge in [-0.25, -0.2) is 9.78 Å². The normalized spacial score (nSPS) is 9.55. The van der Waals surface area contributed by atoms with Gasteiger partial charge in [0, 0.05) is 11.9 Å². The number of carbonyl (C=O) groups is 1. The van der Waals surface area contributed by atoms with Gasteiger partial charge in [0.25, 0.3) is 0 Å². The number of nitrogens with two attached hydrogens (primary N) is 1. The minimum Gasteiger partial charge on any atom is -0.477 e. The molecule has 0 saturated carbocycles. The zero-order valence-electron chi connectivity index (χ0n) is 5.41. The van der Waals surface area contributed by atoms with E-state index in [-0.39, 0.29) is 5.69 Å². The Morgan fingerprint density at radius 2 is 2.36 bits per heavy atom. The van der Waals surface area contributed by atoms with Crippen molar-refractivity contribution < 1.29 is 9.90 Å². The number of halogens is 1. The Labute approximate surface area is 71.2 Å². The number of pyridine rings is 1. The highest BCUT2D eigenvalue weighted by molar-refractivity contribution is 9.10. The van der Waals surface area contributed by atoms with E-state index in [2.05, 4.69) is 20.9 Å². The van der Waals surface area contributed by atoms with Gasteiger partial charge in [-0.1, -0.05) is 0 Å². The number of hydrogen-bond acceptors (Lipinski definition) is 3. The summed E-state index contributed by atoms with van der Waals surface area (Å²) in [6.07, 6.45) is 1.36. The van der Waals surface area contributed by atoms with Crippen molar-refractivity contribution in [2.75, 3.05) is 5.73 Å². The number of nitrogen functional groups attached to an aromatic ring is 1. The number of aromatic nitrogens is 1. The molecule has 1 aromatic rings. The van der Waals surface area contributed by atoms with Crippen LogP contribution in [0.3, 0.4) is 0 Å². The highest BCUT2D eigenvalue weighted by atomic mass is 79.9. The predicted octanol–water partition coefficient (Wildman–Crippen LogP) is 1.12. The maximum absolute atomic E-state index is 10.3. The van der Waals surface area contributed by atoms with Crippen molar-refractivity contribution in [1.29, 1.82) is 0 Å². The lowest BCUT2D eigenvalue weighted by Crippen LogP contribution is -2.01. The highest BCUT2D eigenvalue weighted by Gasteiger charge is 2.05. The second-order valence-electron chi connectivity index (χ2n) is 1.90. The van der Waals surface area contributed by atoms with Crippen molar-refractivity contribution >= 4 is 27.6 Å². The van der Waals surface area contributed by atoms with Gasteiger partial charge in [0.2, 0.25) is 0 Å². The molecule has 0 fully saturated rings. The van der Waals surface area contributed by atoms with Crippen LogP contribution in [-0.2, 0) is 0 Å². The van der Waals surface area contributed by atoms with E-state index in [1.807, 2.05) is 0 Å². The standard InChI is InChI=1S/C6H5BrN2O2/c7-3-2-9-5(6(10)11)1-4(3)8/h1-2H,(H2,8,9)(H,10,11). The van der Waals surface area contributed by atoms with Gasteiger partial charge in [0.15, 0.2) is 0 Å². The monoisotopic (exact) mass is 216 g/mol. The molecule has 0 radical (unpaired) electrons. The molecule has 0 spiro atoms. The molecule has 0 aliphatic rings. The van der Waals surface area contributed by atoms with Crippen LogP contribution in [0.15, 0.2) is 16.7 Å². The first-order valence-corrected chi connectivity index (χ1v) is 3.55. The van der Waals surface area contributed by atoms with Crippen molar-refractivity contribution in [3.8, 4) is 0 Å². The summed E-state index contributed by atoms with van der Waals surface area (Å²) in [6, 6.07) is 1.30. The van der Waals surface area contributed by atoms with E-state index in [4.69, 9.17) is 10.8 Å². The molecule has 0 atom stereocenters. The van der Waals surface area contributed by atoms with E-state index < -0.39 is 5.97 Å². The summed E-state index contributed by atoms with van der Waals surface area (Å²) >= 11 is 3.10. The molecule has 0 saturated heterocycles. The average Bonchev–Trinajstić information content (AvgIpc) is 1.94. The molecule has 1 rings (SSSR count). The second-order valence-corrected chi connectivity index (χ2v) is 2.75. The zero-order valence-corrected chi connectivity index (χ0v) is 7.00. The van der Waals surface area contributed by atoms with Crippen LogP contribution in [0.25, 0.3) is 0 Å². The zero-order chi connectivity index (χ0) is 8.43. The summed E-state index contributed by atoms with van der Waals surface area (Å²) in [5.74, 6) is -1.08. The molecule has 0 bridgehead atoms. The lowest BCUT2D eigenvalue weighted by Gasteiger charge is -1.97. The molecule has 58 valence electrons. The summed E-state index contributed by atoms with van der Waals surface area (Å²) in [6.45, 7) is 0. The summed E-state index contributed by atoms with van der Waals surface area (Å²) in [5.41, 5.74) is 5.73. The van der Waals surface area contributed by atoms with Gasteiger partial charge in [-0.3, -0.25) is 0 Å². The minimum atomic E-state index is -1.08. The van der Waals surface area contributed by atoms with Crippen LogP contribution in [0.5, 0.6) is 0 Å². The molecule has 0 unspecified atom stereocenters. The van der Waals surface area contributed by atoms with Gasteiger partial charge in [-0.05, 0) is 22.0 Å². The molecule has 0 aliphatic heterocycles. The van der Waals surface area contributed by atoms with Gasteiger partial charge < -0.3 is 10.8 Å². The van der Waals surface area contributed by atoms with E-state index in [1.165, 1.54) is 12.3 Å². The lowest BCUT2D eigenvalue weighted by molar-refractivity contribution is 0.0690. The Balaban J connectivity index is 3.15. The summed E-state index contributed by atoms with van der Waals surface area (Å²) in [5, 5.41) is 8.47. The Morgan fingerprint density at radius 3 is 2.82 bits per heavy atom. The number of hydrogen-bond donors (Lipinski definition) is 2. The molecule has 4 nitrogen and oxygen atoms in total. The van der Waals surface area contributed by atoms with Gasteiger partial charge in [-0.15, -0.1) is 0 Å². The van der Waals surface area contributed by atoms with Gasteiger partial charge in [0.05, 0.1) is 4.47 Å². The smallest absolute Gasteiger partial charge is 0.354 e. The summed E-state index contributed by atoms with van der Waals surface area (Å²) in [7, 11) is 0. The second kappa shape index (κ2) is 2.87. The molecule has 0 amide bonds. The number of carboxylic acids is 1. The van der Waals surface area contributed by atoms with Crippen molar-refractivity contribution in [3.63, 3.8) is 0 Å². The first kappa shape index (κ1) is 8.00. The Bertz CT molecular complexity index is 301. The highest BCUT2D eigenvalue weighted by Crippen LogP contribution is 2.17. The first-order valence-electron chi connectivity index (χ1n) is 2.75. The summed E-state index contributed by atoms with van der Waals surface area (Å²) < 4.78 is 0.600. The molecule has 0 aliphatic carbocycles. The van der Waals surface area contributed by atoms with Crippen molar-refractivity contribution in [2.45, 2.75) is 0 Å². The SMILES string of the molecule is Nc1cc(C(=O)O)ncc1Br. The fourth-order valence-electron chi connectivity index (χ4n) is 0.571. The third-order valence-electron chi connectivity index (χ3n) is 1.10. The fourth-order valence-corrected chi connectivity index (χ4v) is 0.788. The van der Waals surface area contributed by atoms with Crippen LogP contribution < -0.4 is 5.73 Å². The fraction of sp³-hybridized carbons (Fsp3) is 0. The average molecular weight is 217 g/mol. The van der Waals surface area contributed by atoms with Crippen LogP contribution in [0, 0.1) is 0 Å². The molecule has 11 heavy (non-hydrogen) atoms. The largest absolute Gasteiger partial charge is 0.477 e. The molecule has 5 heteroatoms. The van der Waals surface area contributed by atoms with Crippen LogP contribution in [0.4, 0.5) is 5.69 Å². The topological polar surface area (TPSA) is 76.2 Å². The predicted molar refractivity (Wildman–Crippen MR) is 43.3 cm³/mol. The van der Waals surface area contributed by atoms with Crippen LogP contribution >= 0.6 is 15.9 Å². The Kier molecular flexibility index (Phi) is 2.09. The van der Waals surface area contributed by atoms with E-state index in [0.29, 0.717) is 10.2 Å². The van der Waals surface area contributed by atoms with Gasteiger partial charge in [0.1, 0.15) is 5.69 Å². The van der Waals surface area contributed by atoms with Crippen LogP contribution in [0.2, 0.25) is 0 Å².